The highest BCUT2D eigenvalue weighted by molar-refractivity contribution is 6.30. The van der Waals surface area contributed by atoms with Crippen molar-refractivity contribution in [2.24, 2.45) is 5.41 Å². The molecule has 0 amide bonds. The summed E-state index contributed by atoms with van der Waals surface area (Å²) in [6, 6.07) is 17.8. The number of likely N-dealkylation sites (tertiary alicyclic amines) is 1. The molecule has 1 aromatic heterocycles. The Kier molecular flexibility index (Phi) is 7.40. The van der Waals surface area contributed by atoms with Crippen LogP contribution < -0.4 is 4.74 Å². The highest BCUT2D eigenvalue weighted by Crippen LogP contribution is 2.40. The molecule has 2 aliphatic heterocycles. The lowest BCUT2D eigenvalue weighted by Crippen LogP contribution is -2.53. The molecule has 0 aliphatic carbocycles. The molecule has 0 saturated carbocycles. The number of hydrogen-bond donors (Lipinski definition) is 2. The van der Waals surface area contributed by atoms with E-state index in [2.05, 4.69) is 35.9 Å². The van der Waals surface area contributed by atoms with Crippen LogP contribution in [0, 0.1) is 5.41 Å². The van der Waals surface area contributed by atoms with Crippen LogP contribution in [0.5, 0.6) is 5.75 Å². The molecular weight excluding hydrogens is 496 g/mol. The van der Waals surface area contributed by atoms with Gasteiger partial charge in [-0.15, -0.1) is 0 Å². The number of halogens is 1. The largest absolute Gasteiger partial charge is 0.487 e. The number of piperidine rings is 1. The Balaban J connectivity index is 1.44. The second kappa shape index (κ2) is 10.5. The fraction of sp³-hybridized carbons (Fsp3) is 0.406. The molecular formula is C32H37ClN2O3. The third-order valence-corrected chi connectivity index (χ3v) is 8.13. The van der Waals surface area contributed by atoms with E-state index in [0.29, 0.717) is 11.6 Å². The van der Waals surface area contributed by atoms with E-state index in [0.717, 1.165) is 65.3 Å². The summed E-state index contributed by atoms with van der Waals surface area (Å²) in [6.45, 7) is 10.8. The van der Waals surface area contributed by atoms with E-state index >= 15 is 0 Å². The van der Waals surface area contributed by atoms with E-state index in [1.165, 1.54) is 0 Å². The van der Waals surface area contributed by atoms with Gasteiger partial charge in [0.25, 0.3) is 0 Å². The molecule has 5 rings (SSSR count). The molecule has 1 fully saturated rings. The first-order valence-electron chi connectivity index (χ1n) is 13.3. The highest BCUT2D eigenvalue weighted by Gasteiger charge is 2.41. The maximum absolute atomic E-state index is 11.2. The van der Waals surface area contributed by atoms with Gasteiger partial charge in [0.15, 0.2) is 0 Å². The van der Waals surface area contributed by atoms with Gasteiger partial charge in [-0.05, 0) is 67.3 Å². The number of benzene rings is 2. The molecule has 5 nitrogen and oxygen atoms in total. The highest BCUT2D eigenvalue weighted by atomic mass is 35.5. The van der Waals surface area contributed by atoms with Gasteiger partial charge in [-0.2, -0.15) is 0 Å². The number of aliphatic hydroxyl groups is 2. The van der Waals surface area contributed by atoms with Crippen molar-refractivity contribution in [1.82, 2.24) is 9.88 Å². The molecule has 200 valence electrons. The average Bonchev–Trinajstić information content (AvgIpc) is 3.03. The Bertz CT molecular complexity index is 1330. The van der Waals surface area contributed by atoms with Crippen LogP contribution in [-0.4, -0.2) is 45.8 Å². The standard InChI is InChI=1S/C32H37ClN2O3/c1-31(2)20-35(18-27(30(31)36)21-9-12-23(33)13-10-21)16-6-8-24-25-7-5-15-34-28(25)19-38-29-14-11-22(17-26(24)29)32(3,4)37/h5,7-15,17,27,30,36-37H,6,16,18-20H2,1-4H3/b24-8-/t27-,30-/m1/s1. The molecule has 38 heavy (non-hydrogen) atoms. The average molecular weight is 533 g/mol. The van der Waals surface area contributed by atoms with Gasteiger partial charge in [0.05, 0.1) is 17.4 Å². The molecule has 6 heteroatoms. The van der Waals surface area contributed by atoms with Gasteiger partial charge >= 0.3 is 0 Å². The Morgan fingerprint density at radius 3 is 2.63 bits per heavy atom. The smallest absolute Gasteiger partial charge is 0.131 e. The first kappa shape index (κ1) is 26.9. The second-order valence-electron chi connectivity index (χ2n) is 11.8. The number of ether oxygens (including phenoxy) is 1. The summed E-state index contributed by atoms with van der Waals surface area (Å²) in [5.74, 6) is 0.822. The van der Waals surface area contributed by atoms with Crippen molar-refractivity contribution in [3.05, 3.63) is 99.8 Å². The molecule has 0 unspecified atom stereocenters. The number of fused-ring (bicyclic) bond motifs is 2. The van der Waals surface area contributed by atoms with Crippen LogP contribution in [0.25, 0.3) is 5.57 Å². The van der Waals surface area contributed by atoms with Crippen molar-refractivity contribution in [1.29, 1.82) is 0 Å². The monoisotopic (exact) mass is 532 g/mol. The number of nitrogens with zero attached hydrogens (tertiary/aromatic N) is 2. The maximum atomic E-state index is 11.2. The van der Waals surface area contributed by atoms with Gasteiger partial charge in [-0.1, -0.05) is 55.8 Å². The Labute approximate surface area is 230 Å². The molecule has 0 spiro atoms. The van der Waals surface area contributed by atoms with Gasteiger partial charge in [0, 0.05) is 53.3 Å². The Morgan fingerprint density at radius 1 is 1.13 bits per heavy atom. The second-order valence-corrected chi connectivity index (χ2v) is 12.2. The summed E-state index contributed by atoms with van der Waals surface area (Å²) >= 11 is 6.13. The lowest BCUT2D eigenvalue weighted by Gasteiger charge is -2.46. The molecule has 2 aromatic carbocycles. The van der Waals surface area contributed by atoms with E-state index in [9.17, 15) is 10.2 Å². The van der Waals surface area contributed by atoms with Crippen LogP contribution in [0.2, 0.25) is 5.02 Å². The lowest BCUT2D eigenvalue weighted by molar-refractivity contribution is -0.0410. The summed E-state index contributed by atoms with van der Waals surface area (Å²) in [5, 5.41) is 22.6. The minimum absolute atomic E-state index is 0.0231. The van der Waals surface area contributed by atoms with Gasteiger partial charge < -0.3 is 19.8 Å². The molecule has 2 aliphatic rings. The van der Waals surface area contributed by atoms with Crippen LogP contribution in [-0.2, 0) is 12.2 Å². The number of aliphatic hydroxyl groups excluding tert-OH is 1. The van der Waals surface area contributed by atoms with Crippen molar-refractivity contribution in [3.8, 4) is 5.75 Å². The summed E-state index contributed by atoms with van der Waals surface area (Å²) in [7, 11) is 0. The molecule has 2 atom stereocenters. The minimum Gasteiger partial charge on any atom is -0.487 e. The fourth-order valence-corrected chi connectivity index (χ4v) is 5.90. The third kappa shape index (κ3) is 5.52. The fourth-order valence-electron chi connectivity index (χ4n) is 5.77. The molecule has 0 radical (unpaired) electrons. The molecule has 3 aromatic rings. The summed E-state index contributed by atoms with van der Waals surface area (Å²) in [6.07, 6.45) is 4.48. The predicted molar refractivity (Wildman–Crippen MR) is 152 cm³/mol. The van der Waals surface area contributed by atoms with E-state index in [1.54, 1.807) is 20.0 Å². The number of rotatable bonds is 5. The van der Waals surface area contributed by atoms with Crippen molar-refractivity contribution >= 4 is 17.2 Å². The zero-order valence-corrected chi connectivity index (χ0v) is 23.4. The number of hydrogen-bond acceptors (Lipinski definition) is 5. The van der Waals surface area contributed by atoms with E-state index in [1.807, 2.05) is 48.5 Å². The van der Waals surface area contributed by atoms with E-state index in [-0.39, 0.29) is 11.3 Å². The summed E-state index contributed by atoms with van der Waals surface area (Å²) < 4.78 is 6.15. The Hall–Kier alpha value is -2.70. The minimum atomic E-state index is -0.957. The number of aromatic nitrogens is 1. The summed E-state index contributed by atoms with van der Waals surface area (Å²) in [5.41, 5.74) is 4.79. The van der Waals surface area contributed by atoms with Crippen LogP contribution in [0.15, 0.2) is 66.9 Å². The lowest BCUT2D eigenvalue weighted by atomic mass is 9.73. The van der Waals surface area contributed by atoms with Crippen molar-refractivity contribution < 1.29 is 14.9 Å². The van der Waals surface area contributed by atoms with Crippen molar-refractivity contribution in [2.45, 2.75) is 58.3 Å². The van der Waals surface area contributed by atoms with Gasteiger partial charge in [-0.25, -0.2) is 0 Å². The van der Waals surface area contributed by atoms with Gasteiger partial charge in [-0.3, -0.25) is 4.98 Å². The zero-order valence-electron chi connectivity index (χ0n) is 22.6. The van der Waals surface area contributed by atoms with Gasteiger partial charge in [0.1, 0.15) is 12.4 Å². The van der Waals surface area contributed by atoms with Crippen LogP contribution in [0.3, 0.4) is 0 Å². The summed E-state index contributed by atoms with van der Waals surface area (Å²) in [4.78, 5) is 7.05. The third-order valence-electron chi connectivity index (χ3n) is 7.88. The quantitative estimate of drug-likeness (QED) is 0.412. The molecule has 1 saturated heterocycles. The van der Waals surface area contributed by atoms with Gasteiger partial charge in [0.2, 0.25) is 0 Å². The molecule has 2 N–H and O–H groups in total. The van der Waals surface area contributed by atoms with Crippen LogP contribution in [0.1, 0.15) is 68.0 Å². The first-order valence-corrected chi connectivity index (χ1v) is 13.7. The Morgan fingerprint density at radius 2 is 1.89 bits per heavy atom. The van der Waals surface area contributed by atoms with E-state index in [4.69, 9.17) is 16.3 Å². The van der Waals surface area contributed by atoms with Crippen LogP contribution >= 0.6 is 11.6 Å². The normalized spacial score (nSPS) is 22.3. The molecule has 3 heterocycles. The van der Waals surface area contributed by atoms with Crippen LogP contribution in [0.4, 0.5) is 0 Å². The van der Waals surface area contributed by atoms with E-state index < -0.39 is 11.7 Å². The SMILES string of the molecule is CC(C)(O)c1ccc2c(c1)/C(=C\CCN1C[C@H](c3ccc(Cl)cc3)[C@@H](O)C(C)(C)C1)c1cccnc1CO2. The molecule has 0 bridgehead atoms. The van der Waals surface area contributed by atoms with Crippen molar-refractivity contribution in [3.63, 3.8) is 0 Å². The number of pyridine rings is 1. The zero-order chi connectivity index (χ0) is 27.1. The predicted octanol–water partition coefficient (Wildman–Crippen LogP) is 6.16. The first-order chi connectivity index (χ1) is 18.0. The van der Waals surface area contributed by atoms with Crippen molar-refractivity contribution in [2.75, 3.05) is 19.6 Å². The maximum Gasteiger partial charge on any atom is 0.131 e. The topological polar surface area (TPSA) is 65.8 Å².